The summed E-state index contributed by atoms with van der Waals surface area (Å²) in [7, 11) is 0. The molecule has 1 aliphatic rings. The summed E-state index contributed by atoms with van der Waals surface area (Å²) in [4.78, 5) is 14.8. The molecule has 0 radical (unpaired) electrons. The molecular weight excluding hydrogens is 380 g/mol. The third kappa shape index (κ3) is 4.55. The van der Waals surface area contributed by atoms with E-state index in [1.807, 2.05) is 39.8 Å². The number of carbonyl (C=O) groups excluding carboxylic acids is 1. The minimum Gasteiger partial charge on any atom is -0.337 e. The predicted octanol–water partition coefficient (Wildman–Crippen LogP) is 4.67. The van der Waals surface area contributed by atoms with E-state index in [1.54, 1.807) is 0 Å². The van der Waals surface area contributed by atoms with Crippen LogP contribution in [-0.4, -0.2) is 43.4 Å². The molecule has 27 heavy (non-hydrogen) atoms. The molecule has 1 fully saturated rings. The van der Waals surface area contributed by atoms with Gasteiger partial charge in [-0.15, -0.1) is 16.8 Å². The molecule has 1 saturated heterocycles. The van der Waals surface area contributed by atoms with E-state index in [-0.39, 0.29) is 5.91 Å². The number of hydrogen-bond donors (Lipinski definition) is 0. The zero-order valence-corrected chi connectivity index (χ0v) is 17.3. The van der Waals surface area contributed by atoms with Crippen LogP contribution in [0.25, 0.3) is 11.4 Å². The number of amides is 1. The van der Waals surface area contributed by atoms with Crippen LogP contribution in [0, 0.1) is 0 Å². The van der Waals surface area contributed by atoms with E-state index < -0.39 is 0 Å². The minimum atomic E-state index is 0.167. The highest BCUT2D eigenvalue weighted by Gasteiger charge is 2.29. The molecule has 2 heterocycles. The molecule has 2 atom stereocenters. The molecule has 2 aromatic rings. The van der Waals surface area contributed by atoms with Gasteiger partial charge in [0.15, 0.2) is 11.0 Å². The number of hydrogen-bond acceptors (Lipinski definition) is 4. The summed E-state index contributed by atoms with van der Waals surface area (Å²) in [5, 5.41) is 10.1. The van der Waals surface area contributed by atoms with Gasteiger partial charge in [-0.2, -0.15) is 0 Å². The molecule has 3 rings (SSSR count). The summed E-state index contributed by atoms with van der Waals surface area (Å²) >= 11 is 7.42. The fraction of sp³-hybridized carbons (Fsp3) is 0.450. The Morgan fingerprint density at radius 3 is 2.56 bits per heavy atom. The first-order valence-corrected chi connectivity index (χ1v) is 10.6. The average molecular weight is 405 g/mol. The lowest BCUT2D eigenvalue weighted by Crippen LogP contribution is -2.48. The lowest BCUT2D eigenvalue weighted by Gasteiger charge is -2.39. The first kappa shape index (κ1) is 20.0. The van der Waals surface area contributed by atoms with Crippen molar-refractivity contribution in [1.82, 2.24) is 19.7 Å². The standard InChI is InChI=1S/C20H25ClN4OS/c1-4-12-24-19(16-8-10-17(21)11-9-16)22-23-20(24)27-13-18(26)25-14(2)6-5-7-15(25)3/h4,8-11,14-15H,1,5-7,12-13H2,2-3H3/t14-,15-/m0/s1. The highest BCUT2D eigenvalue weighted by Crippen LogP contribution is 2.27. The lowest BCUT2D eigenvalue weighted by atomic mass is 9.98. The molecule has 5 nitrogen and oxygen atoms in total. The van der Waals surface area contributed by atoms with E-state index in [2.05, 4.69) is 30.6 Å². The van der Waals surface area contributed by atoms with Crippen LogP contribution in [0.15, 0.2) is 42.1 Å². The molecule has 0 unspecified atom stereocenters. The third-order valence-corrected chi connectivity index (χ3v) is 6.14. The first-order valence-electron chi connectivity index (χ1n) is 9.25. The number of halogens is 1. The van der Waals surface area contributed by atoms with Crippen LogP contribution in [0.4, 0.5) is 0 Å². The molecule has 7 heteroatoms. The fourth-order valence-electron chi connectivity index (χ4n) is 3.62. The maximum Gasteiger partial charge on any atom is 0.233 e. The van der Waals surface area contributed by atoms with Crippen molar-refractivity contribution in [3.63, 3.8) is 0 Å². The van der Waals surface area contributed by atoms with E-state index in [9.17, 15) is 4.79 Å². The molecule has 0 bridgehead atoms. The van der Waals surface area contributed by atoms with Crippen molar-refractivity contribution >= 4 is 29.3 Å². The maximum absolute atomic E-state index is 12.8. The van der Waals surface area contributed by atoms with Gasteiger partial charge in [0.25, 0.3) is 0 Å². The number of aromatic nitrogens is 3. The minimum absolute atomic E-state index is 0.167. The Hall–Kier alpha value is -1.79. The van der Waals surface area contributed by atoms with Crippen molar-refractivity contribution in [2.24, 2.45) is 0 Å². The zero-order chi connectivity index (χ0) is 19.4. The lowest BCUT2D eigenvalue weighted by molar-refractivity contribution is -0.134. The van der Waals surface area contributed by atoms with Crippen LogP contribution < -0.4 is 0 Å². The largest absolute Gasteiger partial charge is 0.337 e. The van der Waals surface area contributed by atoms with Crippen molar-refractivity contribution in [3.8, 4) is 11.4 Å². The number of carbonyl (C=O) groups is 1. The number of thioether (sulfide) groups is 1. The van der Waals surface area contributed by atoms with Gasteiger partial charge < -0.3 is 4.90 Å². The van der Waals surface area contributed by atoms with Crippen LogP contribution in [0.1, 0.15) is 33.1 Å². The van der Waals surface area contributed by atoms with Crippen LogP contribution in [0.3, 0.4) is 0 Å². The Bertz CT molecular complexity index is 795. The second-order valence-corrected chi connectivity index (χ2v) is 8.31. The van der Waals surface area contributed by atoms with Crippen molar-refractivity contribution in [1.29, 1.82) is 0 Å². The molecule has 144 valence electrons. The quantitative estimate of drug-likeness (QED) is 0.518. The third-order valence-electron chi connectivity index (χ3n) is 4.94. The summed E-state index contributed by atoms with van der Waals surface area (Å²) in [5.41, 5.74) is 0.935. The Kier molecular flexibility index (Phi) is 6.60. The van der Waals surface area contributed by atoms with E-state index in [1.165, 1.54) is 18.2 Å². The molecule has 0 saturated carbocycles. The van der Waals surface area contributed by atoms with Gasteiger partial charge in [-0.25, -0.2) is 0 Å². The average Bonchev–Trinajstić information content (AvgIpc) is 3.03. The molecule has 1 amide bonds. The number of rotatable bonds is 6. The van der Waals surface area contributed by atoms with Crippen LogP contribution in [0.2, 0.25) is 5.02 Å². The molecule has 1 aromatic heterocycles. The smallest absolute Gasteiger partial charge is 0.233 e. The summed E-state index contributed by atoms with van der Waals surface area (Å²) in [6, 6.07) is 8.11. The van der Waals surface area contributed by atoms with Crippen LogP contribution in [-0.2, 0) is 11.3 Å². The number of allylic oxidation sites excluding steroid dienone is 1. The van der Waals surface area contributed by atoms with Gasteiger partial charge in [-0.1, -0.05) is 29.4 Å². The van der Waals surface area contributed by atoms with E-state index in [0.29, 0.717) is 29.4 Å². The Morgan fingerprint density at radius 1 is 1.26 bits per heavy atom. The molecule has 0 aliphatic carbocycles. The molecular formula is C20H25ClN4OS. The summed E-state index contributed by atoms with van der Waals surface area (Å²) in [6.45, 7) is 8.69. The fourth-order valence-corrected chi connectivity index (χ4v) is 4.56. The highest BCUT2D eigenvalue weighted by molar-refractivity contribution is 7.99. The molecule has 0 spiro atoms. The Balaban J connectivity index is 1.75. The zero-order valence-electron chi connectivity index (χ0n) is 15.8. The normalized spacial score (nSPS) is 19.9. The molecule has 0 N–H and O–H groups in total. The van der Waals surface area contributed by atoms with Crippen molar-refractivity contribution in [2.75, 3.05) is 5.75 Å². The van der Waals surface area contributed by atoms with Crippen LogP contribution >= 0.6 is 23.4 Å². The van der Waals surface area contributed by atoms with Crippen molar-refractivity contribution in [2.45, 2.75) is 56.9 Å². The number of benzene rings is 1. The predicted molar refractivity (Wildman–Crippen MR) is 111 cm³/mol. The second-order valence-electron chi connectivity index (χ2n) is 6.93. The topological polar surface area (TPSA) is 51.0 Å². The summed E-state index contributed by atoms with van der Waals surface area (Å²) in [5.74, 6) is 1.28. The molecule has 1 aromatic carbocycles. The van der Waals surface area contributed by atoms with Gasteiger partial charge >= 0.3 is 0 Å². The van der Waals surface area contributed by atoms with Gasteiger partial charge in [0.05, 0.1) is 5.75 Å². The summed E-state index contributed by atoms with van der Waals surface area (Å²) < 4.78 is 1.98. The number of piperidine rings is 1. The highest BCUT2D eigenvalue weighted by atomic mass is 35.5. The van der Waals surface area contributed by atoms with Crippen molar-refractivity contribution < 1.29 is 4.79 Å². The van der Waals surface area contributed by atoms with Gasteiger partial charge in [-0.05, 0) is 57.4 Å². The monoisotopic (exact) mass is 404 g/mol. The summed E-state index contributed by atoms with van der Waals surface area (Å²) in [6.07, 6.45) is 5.16. The van der Waals surface area contributed by atoms with Gasteiger partial charge in [0, 0.05) is 29.2 Å². The second kappa shape index (κ2) is 8.93. The van der Waals surface area contributed by atoms with Crippen LogP contribution in [0.5, 0.6) is 0 Å². The molecule has 1 aliphatic heterocycles. The number of likely N-dealkylation sites (tertiary alicyclic amines) is 1. The maximum atomic E-state index is 12.8. The van der Waals surface area contributed by atoms with E-state index in [0.717, 1.165) is 29.4 Å². The Morgan fingerprint density at radius 2 is 1.93 bits per heavy atom. The SMILES string of the molecule is C=CCn1c(SCC(=O)N2[C@@H](C)CCC[C@@H]2C)nnc1-c1ccc(Cl)cc1. The number of nitrogens with zero attached hydrogens (tertiary/aromatic N) is 4. The first-order chi connectivity index (χ1) is 13.0. The Labute approximate surface area is 169 Å². The van der Waals surface area contributed by atoms with Gasteiger partial charge in [0.1, 0.15) is 0 Å². The van der Waals surface area contributed by atoms with Crippen molar-refractivity contribution in [3.05, 3.63) is 41.9 Å². The van der Waals surface area contributed by atoms with E-state index in [4.69, 9.17) is 11.6 Å². The van der Waals surface area contributed by atoms with Gasteiger partial charge in [-0.3, -0.25) is 9.36 Å². The van der Waals surface area contributed by atoms with E-state index >= 15 is 0 Å². The van der Waals surface area contributed by atoms with Gasteiger partial charge in [0.2, 0.25) is 5.91 Å².